The third-order valence-electron chi connectivity index (χ3n) is 1.45. The predicted molar refractivity (Wildman–Crippen MR) is 57.0 cm³/mol. The smallest absolute Gasteiger partial charge is 0.338 e. The van der Waals surface area contributed by atoms with E-state index in [-0.39, 0.29) is 12.2 Å². The number of rotatable bonds is 2. The minimum atomic E-state index is -1.64. The lowest BCUT2D eigenvalue weighted by atomic mass is 10.2. The molecule has 1 aromatic rings. The minimum Gasteiger partial charge on any atom is -0.458 e. The normalized spacial score (nSPS) is 11.2. The lowest BCUT2D eigenvalue weighted by Gasteiger charge is -2.10. The van der Waals surface area contributed by atoms with Gasteiger partial charge < -0.3 is 4.74 Å². The van der Waals surface area contributed by atoms with Gasteiger partial charge in [0.25, 0.3) is 0 Å². The summed E-state index contributed by atoms with van der Waals surface area (Å²) in [5.41, 5.74) is 0.200. The van der Waals surface area contributed by atoms with Crippen molar-refractivity contribution in [2.75, 3.05) is 6.61 Å². The molecule has 0 aliphatic carbocycles. The van der Waals surface area contributed by atoms with Gasteiger partial charge in [0.2, 0.25) is 3.79 Å². The summed E-state index contributed by atoms with van der Waals surface area (Å²) in [6, 6.07) is 4.87. The van der Waals surface area contributed by atoms with Gasteiger partial charge in [-0.05, 0) is 24.3 Å². The second-order valence-corrected chi connectivity index (χ2v) is 5.21. The van der Waals surface area contributed by atoms with Crippen molar-refractivity contribution in [1.29, 1.82) is 0 Å². The maximum atomic E-state index is 12.5. The molecule has 0 heterocycles. The van der Waals surface area contributed by atoms with Crippen molar-refractivity contribution in [2.24, 2.45) is 0 Å². The molecule has 0 bridgehead atoms. The first-order chi connectivity index (χ1) is 6.88. The van der Waals surface area contributed by atoms with Gasteiger partial charge in [-0.15, -0.1) is 0 Å². The highest BCUT2D eigenvalue weighted by atomic mass is 35.6. The molecule has 82 valence electrons. The van der Waals surface area contributed by atoms with E-state index in [2.05, 4.69) is 4.74 Å². The van der Waals surface area contributed by atoms with Crippen molar-refractivity contribution in [3.05, 3.63) is 35.6 Å². The van der Waals surface area contributed by atoms with Crippen LogP contribution in [0.25, 0.3) is 0 Å². The van der Waals surface area contributed by atoms with Crippen molar-refractivity contribution in [2.45, 2.75) is 3.79 Å². The molecule has 0 saturated carbocycles. The molecule has 1 rings (SSSR count). The summed E-state index contributed by atoms with van der Waals surface area (Å²) in [5.74, 6) is -1.10. The van der Waals surface area contributed by atoms with Crippen molar-refractivity contribution in [3.63, 3.8) is 0 Å². The Labute approximate surface area is 101 Å². The molecule has 0 fully saturated rings. The van der Waals surface area contributed by atoms with Crippen LogP contribution in [0.3, 0.4) is 0 Å². The Kier molecular flexibility index (Phi) is 4.20. The van der Waals surface area contributed by atoms with E-state index in [1.165, 1.54) is 12.1 Å². The van der Waals surface area contributed by atoms with Crippen molar-refractivity contribution in [3.8, 4) is 0 Å². The van der Waals surface area contributed by atoms with Crippen LogP contribution in [0.15, 0.2) is 24.3 Å². The largest absolute Gasteiger partial charge is 0.458 e. The lowest BCUT2D eigenvalue weighted by Crippen LogP contribution is -2.17. The molecule has 0 atom stereocenters. The molecule has 0 aliphatic rings. The molecule has 0 spiro atoms. The standard InChI is InChI=1S/C9H6Cl3FO2/c10-9(11,12)5-15-8(14)6-1-3-7(13)4-2-6/h1-4H,5H2. The first-order valence-electron chi connectivity index (χ1n) is 3.88. The molecule has 0 unspecified atom stereocenters. The molecule has 6 heteroatoms. The van der Waals surface area contributed by atoms with Crippen LogP contribution in [0, 0.1) is 5.82 Å². The van der Waals surface area contributed by atoms with Gasteiger partial charge in [0.05, 0.1) is 5.56 Å². The number of halogens is 4. The highest BCUT2D eigenvalue weighted by molar-refractivity contribution is 6.67. The number of carbonyl (C=O) groups excluding carboxylic acids is 1. The third kappa shape index (κ3) is 4.69. The fraction of sp³-hybridized carbons (Fsp3) is 0.222. The zero-order valence-corrected chi connectivity index (χ0v) is 9.61. The van der Waals surface area contributed by atoms with Crippen molar-refractivity contribution in [1.82, 2.24) is 0 Å². The fourth-order valence-electron chi connectivity index (χ4n) is 0.817. The van der Waals surface area contributed by atoms with E-state index in [4.69, 9.17) is 34.8 Å². The number of esters is 1. The summed E-state index contributed by atoms with van der Waals surface area (Å²) in [6.07, 6.45) is 0. The van der Waals surface area contributed by atoms with Gasteiger partial charge in [0, 0.05) is 0 Å². The first-order valence-corrected chi connectivity index (χ1v) is 5.01. The van der Waals surface area contributed by atoms with Gasteiger partial charge in [-0.3, -0.25) is 0 Å². The molecule has 2 nitrogen and oxygen atoms in total. The van der Waals surface area contributed by atoms with E-state index < -0.39 is 15.6 Å². The summed E-state index contributed by atoms with van der Waals surface area (Å²) < 4.78 is 15.5. The number of carbonyl (C=O) groups is 1. The minimum absolute atomic E-state index is 0.200. The number of hydrogen-bond acceptors (Lipinski definition) is 2. The van der Waals surface area contributed by atoms with E-state index in [0.29, 0.717) is 0 Å². The molecule has 0 aliphatic heterocycles. The Bertz CT molecular complexity index is 345. The molecular formula is C9H6Cl3FO2. The quantitative estimate of drug-likeness (QED) is 0.609. The topological polar surface area (TPSA) is 26.3 Å². The third-order valence-corrected chi connectivity index (χ3v) is 1.77. The van der Waals surface area contributed by atoms with Crippen LogP contribution in [0.5, 0.6) is 0 Å². The molecule has 15 heavy (non-hydrogen) atoms. The molecule has 0 amide bonds. The molecule has 0 saturated heterocycles. The summed E-state index contributed by atoms with van der Waals surface area (Å²) in [5, 5.41) is 0. The van der Waals surface area contributed by atoms with E-state index in [1.807, 2.05) is 0 Å². The summed E-state index contributed by atoms with van der Waals surface area (Å²) in [7, 11) is 0. The van der Waals surface area contributed by atoms with E-state index in [9.17, 15) is 9.18 Å². The number of hydrogen-bond donors (Lipinski definition) is 0. The van der Waals surface area contributed by atoms with Gasteiger partial charge in [0.1, 0.15) is 12.4 Å². The molecule has 0 radical (unpaired) electrons. The van der Waals surface area contributed by atoms with Crippen LogP contribution in [0.4, 0.5) is 4.39 Å². The maximum Gasteiger partial charge on any atom is 0.338 e. The Balaban J connectivity index is 2.58. The Morgan fingerprint density at radius 3 is 2.27 bits per heavy atom. The maximum absolute atomic E-state index is 12.5. The molecular weight excluding hydrogens is 265 g/mol. The van der Waals surface area contributed by atoms with Gasteiger partial charge in [-0.1, -0.05) is 34.8 Å². The van der Waals surface area contributed by atoms with Gasteiger partial charge in [-0.25, -0.2) is 9.18 Å². The zero-order valence-electron chi connectivity index (χ0n) is 7.34. The van der Waals surface area contributed by atoms with Gasteiger partial charge in [0.15, 0.2) is 0 Å². The van der Waals surface area contributed by atoms with Crippen LogP contribution in [-0.2, 0) is 4.74 Å². The summed E-state index contributed by atoms with van der Waals surface area (Å²) >= 11 is 16.2. The zero-order chi connectivity index (χ0) is 11.5. The highest BCUT2D eigenvalue weighted by Gasteiger charge is 2.22. The second kappa shape index (κ2) is 5.01. The van der Waals surface area contributed by atoms with E-state index >= 15 is 0 Å². The van der Waals surface area contributed by atoms with Gasteiger partial charge >= 0.3 is 5.97 Å². The molecule has 0 aromatic heterocycles. The van der Waals surface area contributed by atoms with E-state index in [1.54, 1.807) is 0 Å². The van der Waals surface area contributed by atoms with Gasteiger partial charge in [-0.2, -0.15) is 0 Å². The summed E-state index contributed by atoms with van der Waals surface area (Å²) in [4.78, 5) is 11.3. The van der Waals surface area contributed by atoms with Crippen molar-refractivity contribution >= 4 is 40.8 Å². The Morgan fingerprint density at radius 2 is 1.80 bits per heavy atom. The SMILES string of the molecule is O=C(OCC(Cl)(Cl)Cl)c1ccc(F)cc1. The highest BCUT2D eigenvalue weighted by Crippen LogP contribution is 2.26. The van der Waals surface area contributed by atoms with Crippen LogP contribution in [-0.4, -0.2) is 16.4 Å². The van der Waals surface area contributed by atoms with Crippen LogP contribution < -0.4 is 0 Å². The average molecular weight is 272 g/mol. The number of alkyl halides is 3. The number of benzene rings is 1. The predicted octanol–water partition coefficient (Wildman–Crippen LogP) is 3.35. The van der Waals surface area contributed by atoms with Crippen LogP contribution >= 0.6 is 34.8 Å². The Morgan fingerprint density at radius 1 is 1.27 bits per heavy atom. The van der Waals surface area contributed by atoms with Crippen LogP contribution in [0.1, 0.15) is 10.4 Å². The molecule has 0 N–H and O–H groups in total. The van der Waals surface area contributed by atoms with Crippen molar-refractivity contribution < 1.29 is 13.9 Å². The van der Waals surface area contributed by atoms with Crippen LogP contribution in [0.2, 0.25) is 0 Å². The fourth-order valence-corrected chi connectivity index (χ4v) is 0.980. The van der Waals surface area contributed by atoms with E-state index in [0.717, 1.165) is 12.1 Å². The monoisotopic (exact) mass is 270 g/mol. The average Bonchev–Trinajstić information content (AvgIpc) is 2.14. The lowest BCUT2D eigenvalue weighted by molar-refractivity contribution is 0.0512. The second-order valence-electron chi connectivity index (χ2n) is 2.70. The number of ether oxygens (including phenoxy) is 1. The molecule has 1 aromatic carbocycles. The first kappa shape index (κ1) is 12.6. The summed E-state index contributed by atoms with van der Waals surface area (Å²) in [6.45, 7) is -0.353. The Hall–Kier alpha value is -0.510.